The molecule has 1 aromatic carbocycles. The smallest absolute Gasteiger partial charge is 0.298 e. The lowest BCUT2D eigenvalue weighted by Gasteiger charge is -2.29. The molecule has 1 aromatic rings. The van der Waals surface area contributed by atoms with E-state index >= 15 is 0 Å². The van der Waals surface area contributed by atoms with E-state index in [0.29, 0.717) is 6.04 Å². The summed E-state index contributed by atoms with van der Waals surface area (Å²) >= 11 is 0. The summed E-state index contributed by atoms with van der Waals surface area (Å²) in [6, 6.07) is 10.5. The van der Waals surface area contributed by atoms with Crippen molar-refractivity contribution in [3.63, 3.8) is 0 Å². The maximum absolute atomic E-state index is 13.1. The van der Waals surface area contributed by atoms with Gasteiger partial charge in [-0.2, -0.15) is 0 Å². The van der Waals surface area contributed by atoms with E-state index < -0.39 is 7.59 Å². The van der Waals surface area contributed by atoms with Crippen LogP contribution in [0.3, 0.4) is 0 Å². The third kappa shape index (κ3) is 1.63. The molecule has 0 aliphatic carbocycles. The van der Waals surface area contributed by atoms with Crippen molar-refractivity contribution in [2.45, 2.75) is 18.9 Å². The predicted molar refractivity (Wildman–Crippen MR) is 70.2 cm³/mol. The van der Waals surface area contributed by atoms with Crippen LogP contribution in [0.25, 0.3) is 0 Å². The molecule has 0 radical (unpaired) electrons. The Kier molecular flexibility index (Phi) is 2.74. The second-order valence-corrected chi connectivity index (χ2v) is 7.18. The number of fused-ring (bicyclic) bond motifs is 1. The maximum Gasteiger partial charge on any atom is 0.308 e. The number of para-hydroxylation sites is 1. The van der Waals surface area contributed by atoms with Crippen molar-refractivity contribution in [2.75, 3.05) is 24.8 Å². The molecular weight excluding hydrogens is 233 g/mol. The highest BCUT2D eigenvalue weighted by Gasteiger charge is 2.49. The summed E-state index contributed by atoms with van der Waals surface area (Å²) in [5.74, 6) is 0. The second kappa shape index (κ2) is 4.13. The molecule has 0 saturated carbocycles. The van der Waals surface area contributed by atoms with Crippen LogP contribution in [0.5, 0.6) is 0 Å². The molecule has 2 atom stereocenters. The number of benzene rings is 1. The van der Waals surface area contributed by atoms with E-state index in [0.717, 1.165) is 25.2 Å². The van der Waals surface area contributed by atoms with Crippen molar-refractivity contribution < 1.29 is 4.57 Å². The van der Waals surface area contributed by atoms with Gasteiger partial charge in [0.25, 0.3) is 0 Å². The number of hydrogen-bond acceptors (Lipinski definition) is 1. The van der Waals surface area contributed by atoms with E-state index in [2.05, 4.69) is 14.4 Å². The van der Waals surface area contributed by atoms with Gasteiger partial charge in [0.15, 0.2) is 0 Å². The molecule has 0 aromatic heterocycles. The Bertz CT molecular complexity index is 450. The Morgan fingerprint density at radius 2 is 2.12 bits per heavy atom. The Balaban J connectivity index is 1.99. The van der Waals surface area contributed by atoms with Crippen LogP contribution >= 0.6 is 7.59 Å². The van der Waals surface area contributed by atoms with Crippen LogP contribution < -0.4 is 9.76 Å². The first-order valence-corrected chi connectivity index (χ1v) is 7.76. The normalized spacial score (nSPS) is 33.0. The van der Waals surface area contributed by atoms with Gasteiger partial charge in [-0.25, -0.2) is 9.76 Å². The van der Waals surface area contributed by atoms with Crippen LogP contribution in [-0.4, -0.2) is 30.8 Å². The molecule has 1 N–H and O–H groups in total. The van der Waals surface area contributed by atoms with Crippen molar-refractivity contribution in [1.82, 2.24) is 9.76 Å². The van der Waals surface area contributed by atoms with Crippen molar-refractivity contribution in [3.05, 3.63) is 30.3 Å². The molecular formula is C12H18N3OP. The molecule has 2 heterocycles. The Labute approximate surface area is 102 Å². The third-order valence-electron chi connectivity index (χ3n) is 3.75. The van der Waals surface area contributed by atoms with Crippen LogP contribution in [-0.2, 0) is 4.57 Å². The topological polar surface area (TPSA) is 35.6 Å². The summed E-state index contributed by atoms with van der Waals surface area (Å²) in [6.45, 7) is 1.83. The monoisotopic (exact) mass is 251 g/mol. The van der Waals surface area contributed by atoms with Crippen molar-refractivity contribution in [2.24, 2.45) is 0 Å². The predicted octanol–water partition coefficient (Wildman–Crippen LogP) is 2.30. The molecule has 17 heavy (non-hydrogen) atoms. The number of rotatable bonds is 2. The van der Waals surface area contributed by atoms with Crippen LogP contribution in [0.4, 0.5) is 5.69 Å². The number of nitrogens with one attached hydrogen (secondary N) is 1. The highest BCUT2D eigenvalue weighted by atomic mass is 31.2. The summed E-state index contributed by atoms with van der Waals surface area (Å²) in [5.41, 5.74) is 1.06. The first-order valence-electron chi connectivity index (χ1n) is 6.15. The van der Waals surface area contributed by atoms with E-state index in [-0.39, 0.29) is 0 Å². The molecule has 0 bridgehead atoms. The van der Waals surface area contributed by atoms with Crippen LogP contribution in [0.2, 0.25) is 0 Å². The molecule has 2 fully saturated rings. The van der Waals surface area contributed by atoms with Crippen LogP contribution in [0.1, 0.15) is 12.8 Å². The fourth-order valence-corrected chi connectivity index (χ4v) is 5.60. The van der Waals surface area contributed by atoms with Crippen molar-refractivity contribution in [3.8, 4) is 0 Å². The lowest BCUT2D eigenvalue weighted by Crippen LogP contribution is -2.27. The van der Waals surface area contributed by atoms with Gasteiger partial charge < -0.3 is 0 Å². The van der Waals surface area contributed by atoms with E-state index in [1.165, 1.54) is 6.42 Å². The van der Waals surface area contributed by atoms with Gasteiger partial charge >= 0.3 is 7.59 Å². The fraction of sp³-hybridized carbons (Fsp3) is 0.500. The number of anilines is 1. The minimum Gasteiger partial charge on any atom is -0.298 e. The molecule has 0 amide bonds. The van der Waals surface area contributed by atoms with E-state index in [9.17, 15) is 4.57 Å². The average molecular weight is 251 g/mol. The minimum absolute atomic E-state index is 0.452. The molecule has 5 heteroatoms. The largest absolute Gasteiger partial charge is 0.308 e. The zero-order chi connectivity index (χ0) is 11.9. The van der Waals surface area contributed by atoms with Gasteiger partial charge in [0.1, 0.15) is 0 Å². The highest BCUT2D eigenvalue weighted by Crippen LogP contribution is 2.59. The van der Waals surface area contributed by atoms with Gasteiger partial charge in [0.05, 0.1) is 0 Å². The van der Waals surface area contributed by atoms with Gasteiger partial charge in [-0.3, -0.25) is 9.24 Å². The highest BCUT2D eigenvalue weighted by molar-refractivity contribution is 7.61. The van der Waals surface area contributed by atoms with Gasteiger partial charge in [-0.05, 0) is 32.0 Å². The van der Waals surface area contributed by atoms with Gasteiger partial charge in [0.2, 0.25) is 0 Å². The van der Waals surface area contributed by atoms with Crippen molar-refractivity contribution in [1.29, 1.82) is 0 Å². The Morgan fingerprint density at radius 1 is 1.35 bits per heavy atom. The summed E-state index contributed by atoms with van der Waals surface area (Å²) in [4.78, 5) is 0. The van der Waals surface area contributed by atoms with Gasteiger partial charge in [0, 0.05) is 24.8 Å². The molecule has 2 aliphatic heterocycles. The summed E-state index contributed by atoms with van der Waals surface area (Å²) in [6.07, 6.45) is 2.33. The standard InChI is InChI=1S/C12H18N3OP/c1-13-17(16)14-9-5-8-12(14)10-15(17)11-6-3-2-4-7-11/h2-4,6-7,12H,5,8-10H2,1H3,(H,13,16)/t12-,17-/m0/s1. The zero-order valence-electron chi connectivity index (χ0n) is 10.0. The summed E-state index contributed by atoms with van der Waals surface area (Å²) in [5, 5.41) is 3.07. The Morgan fingerprint density at radius 3 is 2.82 bits per heavy atom. The summed E-state index contributed by atoms with van der Waals surface area (Å²) in [7, 11) is -0.767. The first-order chi connectivity index (χ1) is 8.25. The zero-order valence-corrected chi connectivity index (χ0v) is 10.9. The number of nitrogens with zero attached hydrogens (tertiary/aromatic N) is 2. The average Bonchev–Trinajstić information content (AvgIpc) is 2.93. The van der Waals surface area contributed by atoms with E-state index in [4.69, 9.17) is 0 Å². The lowest BCUT2D eigenvalue weighted by molar-refractivity contribution is 0.425. The van der Waals surface area contributed by atoms with Gasteiger partial charge in [-0.15, -0.1) is 0 Å². The minimum atomic E-state index is -2.57. The summed E-state index contributed by atoms with van der Waals surface area (Å²) < 4.78 is 17.3. The molecule has 2 saturated heterocycles. The fourth-order valence-electron chi connectivity index (χ4n) is 2.92. The third-order valence-corrected chi connectivity index (χ3v) is 6.61. The van der Waals surface area contributed by atoms with E-state index in [1.807, 2.05) is 30.3 Å². The van der Waals surface area contributed by atoms with Crippen LogP contribution in [0.15, 0.2) is 30.3 Å². The first kappa shape index (κ1) is 11.3. The quantitative estimate of drug-likeness (QED) is 0.818. The van der Waals surface area contributed by atoms with Crippen molar-refractivity contribution >= 4 is 13.3 Å². The molecule has 2 aliphatic rings. The second-order valence-electron chi connectivity index (χ2n) is 4.64. The molecule has 0 spiro atoms. The maximum atomic E-state index is 13.1. The van der Waals surface area contributed by atoms with Gasteiger partial charge in [-0.1, -0.05) is 18.2 Å². The molecule has 3 rings (SSSR count). The van der Waals surface area contributed by atoms with Crippen LogP contribution in [0, 0.1) is 0 Å². The Hall–Kier alpha value is -0.830. The molecule has 4 nitrogen and oxygen atoms in total. The lowest BCUT2D eigenvalue weighted by atomic mass is 10.2. The SMILES string of the molecule is CN[P@@]1(=O)N(c2ccccc2)C[C@@H]2CCCN21. The number of hydrogen-bond donors (Lipinski definition) is 1. The molecule has 0 unspecified atom stereocenters. The molecule has 92 valence electrons. The van der Waals surface area contributed by atoms with E-state index in [1.54, 1.807) is 7.05 Å².